The van der Waals surface area contributed by atoms with Crippen LogP contribution in [0.15, 0.2) is 48.5 Å². The van der Waals surface area contributed by atoms with Gasteiger partial charge in [-0.15, -0.1) is 0 Å². The number of nitrogens with zero attached hydrogens (tertiary/aromatic N) is 2. The van der Waals surface area contributed by atoms with Gasteiger partial charge in [-0.2, -0.15) is 0 Å². The van der Waals surface area contributed by atoms with Gasteiger partial charge in [0.15, 0.2) is 0 Å². The molecule has 234 valence electrons. The van der Waals surface area contributed by atoms with Crippen molar-refractivity contribution in [2.24, 2.45) is 17.8 Å². The Bertz CT molecular complexity index is 1390. The minimum atomic E-state index is -3.77. The number of sulfonamides is 1. The summed E-state index contributed by atoms with van der Waals surface area (Å²) < 4.78 is 27.5. The molecule has 4 aliphatic rings. The van der Waals surface area contributed by atoms with Crippen LogP contribution in [0.1, 0.15) is 88.8 Å². The first kappa shape index (κ1) is 31.6. The van der Waals surface area contributed by atoms with Gasteiger partial charge in [0.05, 0.1) is 11.9 Å². The van der Waals surface area contributed by atoms with Crippen molar-refractivity contribution in [3.05, 3.63) is 65.2 Å². The molecular formula is C35H49N3O4S. The van der Waals surface area contributed by atoms with Crippen molar-refractivity contribution >= 4 is 27.5 Å². The van der Waals surface area contributed by atoms with Gasteiger partial charge in [-0.3, -0.25) is 13.9 Å². The molecule has 0 radical (unpaired) electrons. The summed E-state index contributed by atoms with van der Waals surface area (Å²) in [5, 5.41) is 3.02. The topological polar surface area (TPSA) is 86.8 Å². The molecule has 2 amide bonds. The van der Waals surface area contributed by atoms with Gasteiger partial charge in [-0.25, -0.2) is 8.42 Å². The third kappa shape index (κ3) is 6.95. The Balaban J connectivity index is 1.40. The molecule has 0 unspecified atom stereocenters. The highest BCUT2D eigenvalue weighted by Crippen LogP contribution is 2.60. The van der Waals surface area contributed by atoms with Crippen molar-refractivity contribution in [3.8, 4) is 0 Å². The fraction of sp³-hybridized carbons (Fsp3) is 0.600. The lowest BCUT2D eigenvalue weighted by Gasteiger charge is -2.57. The van der Waals surface area contributed by atoms with Crippen LogP contribution in [0.25, 0.3) is 0 Å². The van der Waals surface area contributed by atoms with Gasteiger partial charge < -0.3 is 10.2 Å². The lowest BCUT2D eigenvalue weighted by molar-refractivity contribution is -0.140. The number of aryl methyl sites for hydroxylation is 1. The molecule has 1 N–H and O–H groups in total. The van der Waals surface area contributed by atoms with E-state index in [1.807, 2.05) is 64.1 Å². The standard InChI is InChI=1S/C35H49N3O4S/c1-6-25(4)36-34(40)32(7-2)37(22-26-10-8-9-24(3)15-26)33(39)23-38(43(5,41)42)31-13-11-30(12-14-31)35-19-27-16-28(20-35)18-29(17-27)21-35/h8-15,25,27-29,32H,6-7,16-23H2,1-5H3,(H,36,40)/t25-,27?,28?,29?,32+,35?/m1/s1. The van der Waals surface area contributed by atoms with Crippen LogP contribution in [0.4, 0.5) is 5.69 Å². The monoisotopic (exact) mass is 607 g/mol. The zero-order valence-corrected chi connectivity index (χ0v) is 27.3. The molecule has 4 bridgehead atoms. The van der Waals surface area contributed by atoms with E-state index >= 15 is 0 Å². The average Bonchev–Trinajstić information content (AvgIpc) is 2.94. The van der Waals surface area contributed by atoms with Crippen LogP contribution in [0, 0.1) is 24.7 Å². The quantitative estimate of drug-likeness (QED) is 0.323. The van der Waals surface area contributed by atoms with Crippen molar-refractivity contribution in [2.45, 2.75) is 103 Å². The molecule has 6 rings (SSSR count). The second-order valence-corrected chi connectivity index (χ2v) is 15.7. The molecule has 2 atom stereocenters. The van der Waals surface area contributed by atoms with Crippen LogP contribution >= 0.6 is 0 Å². The van der Waals surface area contributed by atoms with E-state index in [4.69, 9.17) is 0 Å². The van der Waals surface area contributed by atoms with Gasteiger partial charge in [0.25, 0.3) is 0 Å². The Hall–Kier alpha value is -2.87. The molecule has 2 aromatic rings. The summed E-state index contributed by atoms with van der Waals surface area (Å²) in [4.78, 5) is 29.0. The average molecular weight is 608 g/mol. The van der Waals surface area contributed by atoms with E-state index in [9.17, 15) is 18.0 Å². The van der Waals surface area contributed by atoms with Gasteiger partial charge in [0, 0.05) is 12.6 Å². The van der Waals surface area contributed by atoms with Crippen LogP contribution < -0.4 is 9.62 Å². The van der Waals surface area contributed by atoms with E-state index in [1.54, 1.807) is 4.90 Å². The second kappa shape index (κ2) is 12.6. The summed E-state index contributed by atoms with van der Waals surface area (Å²) in [5.74, 6) is 1.84. The van der Waals surface area contributed by atoms with Gasteiger partial charge in [-0.05, 0) is 112 Å². The first-order valence-corrected chi connectivity index (χ1v) is 18.0. The van der Waals surface area contributed by atoms with E-state index < -0.39 is 22.0 Å². The van der Waals surface area contributed by atoms with Gasteiger partial charge in [0.2, 0.25) is 21.8 Å². The van der Waals surface area contributed by atoms with Gasteiger partial charge in [0.1, 0.15) is 12.6 Å². The van der Waals surface area contributed by atoms with Crippen molar-refractivity contribution in [1.29, 1.82) is 0 Å². The molecule has 4 fully saturated rings. The van der Waals surface area contributed by atoms with E-state index in [0.717, 1.165) is 41.6 Å². The molecular weight excluding hydrogens is 558 g/mol. The Labute approximate surface area is 258 Å². The molecule has 0 heterocycles. The highest BCUT2D eigenvalue weighted by molar-refractivity contribution is 7.92. The normalized spacial score (nSPS) is 25.7. The fourth-order valence-electron chi connectivity index (χ4n) is 8.43. The Morgan fingerprint density at radius 1 is 0.953 bits per heavy atom. The zero-order valence-electron chi connectivity index (χ0n) is 26.5. The SMILES string of the molecule is CC[C@@H](C)NC(=O)[C@H](CC)N(Cc1cccc(C)c1)C(=O)CN(c1ccc(C23CC4CC(CC(C4)C2)C3)cc1)S(C)(=O)=O. The molecule has 4 saturated carbocycles. The number of nitrogens with one attached hydrogen (secondary N) is 1. The molecule has 2 aromatic carbocycles. The molecule has 7 nitrogen and oxygen atoms in total. The summed E-state index contributed by atoms with van der Waals surface area (Å²) in [5.41, 5.74) is 3.95. The van der Waals surface area contributed by atoms with E-state index in [-0.39, 0.29) is 30.5 Å². The number of benzene rings is 2. The predicted octanol–water partition coefficient (Wildman–Crippen LogP) is 5.95. The molecule has 8 heteroatoms. The molecule has 0 aromatic heterocycles. The molecule has 4 aliphatic carbocycles. The third-order valence-electron chi connectivity index (χ3n) is 10.3. The van der Waals surface area contributed by atoms with E-state index in [2.05, 4.69) is 17.4 Å². The van der Waals surface area contributed by atoms with E-state index in [0.29, 0.717) is 12.1 Å². The van der Waals surface area contributed by atoms with Crippen LogP contribution in [0.3, 0.4) is 0 Å². The molecule has 43 heavy (non-hydrogen) atoms. The van der Waals surface area contributed by atoms with Crippen LogP contribution in [0.5, 0.6) is 0 Å². The summed E-state index contributed by atoms with van der Waals surface area (Å²) in [6.45, 7) is 7.66. The first-order chi connectivity index (χ1) is 20.4. The second-order valence-electron chi connectivity index (χ2n) is 13.8. The smallest absolute Gasteiger partial charge is 0.244 e. The number of hydrogen-bond acceptors (Lipinski definition) is 4. The maximum absolute atomic E-state index is 14.1. The number of hydrogen-bond donors (Lipinski definition) is 1. The van der Waals surface area contributed by atoms with Gasteiger partial charge >= 0.3 is 0 Å². The van der Waals surface area contributed by atoms with Crippen molar-refractivity contribution < 1.29 is 18.0 Å². The highest BCUT2D eigenvalue weighted by Gasteiger charge is 2.51. The molecule has 0 aliphatic heterocycles. The number of carbonyl (C=O) groups is 2. The van der Waals surface area contributed by atoms with Crippen molar-refractivity contribution in [1.82, 2.24) is 10.2 Å². The van der Waals surface area contributed by atoms with Crippen LogP contribution in [0.2, 0.25) is 0 Å². The minimum absolute atomic E-state index is 0.0301. The Morgan fingerprint density at radius 2 is 1.56 bits per heavy atom. The maximum Gasteiger partial charge on any atom is 0.244 e. The first-order valence-electron chi connectivity index (χ1n) is 16.1. The van der Waals surface area contributed by atoms with E-state index in [1.165, 1.54) is 48.4 Å². The Morgan fingerprint density at radius 3 is 2.07 bits per heavy atom. The minimum Gasteiger partial charge on any atom is -0.352 e. The molecule has 0 spiro atoms. The van der Waals surface area contributed by atoms with Gasteiger partial charge in [-0.1, -0.05) is 55.8 Å². The van der Waals surface area contributed by atoms with Crippen LogP contribution in [-0.2, 0) is 31.6 Å². The summed E-state index contributed by atoms with van der Waals surface area (Å²) in [6.07, 6.45) is 10.1. The molecule has 0 saturated heterocycles. The third-order valence-corrected chi connectivity index (χ3v) is 11.4. The summed E-state index contributed by atoms with van der Waals surface area (Å²) in [6, 6.07) is 15.1. The Kier molecular flexibility index (Phi) is 9.26. The summed E-state index contributed by atoms with van der Waals surface area (Å²) in [7, 11) is -3.77. The maximum atomic E-state index is 14.1. The predicted molar refractivity (Wildman–Crippen MR) is 172 cm³/mol. The summed E-state index contributed by atoms with van der Waals surface area (Å²) >= 11 is 0. The van der Waals surface area contributed by atoms with Crippen molar-refractivity contribution in [3.63, 3.8) is 0 Å². The number of rotatable bonds is 12. The van der Waals surface area contributed by atoms with Crippen LogP contribution in [-0.4, -0.2) is 50.0 Å². The lowest BCUT2D eigenvalue weighted by Crippen LogP contribution is -2.53. The zero-order chi connectivity index (χ0) is 30.9. The van der Waals surface area contributed by atoms with Crippen molar-refractivity contribution in [2.75, 3.05) is 17.1 Å². The highest BCUT2D eigenvalue weighted by atomic mass is 32.2. The lowest BCUT2D eigenvalue weighted by atomic mass is 9.48. The number of anilines is 1. The largest absolute Gasteiger partial charge is 0.352 e. The number of carbonyl (C=O) groups excluding carboxylic acids is 2. The fourth-order valence-corrected chi connectivity index (χ4v) is 9.28. The number of amides is 2.